The first-order chi connectivity index (χ1) is 15.3. The molecule has 0 bridgehead atoms. The minimum Gasteiger partial charge on any atom is -0.428 e. The zero-order valence-electron chi connectivity index (χ0n) is 16.1. The molecule has 1 aliphatic rings. The Kier molecular flexibility index (Phi) is 4.37. The number of halogens is 4. The molecule has 0 saturated heterocycles. The normalized spacial score (nSPS) is 12.8. The SMILES string of the molecule is O=C1c2ccccc2-c2nn(C(=O)c3cccc(OC(F)(F)C(F)F)c3)c3cccc1c23. The lowest BCUT2D eigenvalue weighted by atomic mass is 9.87. The van der Waals surface area contributed by atoms with Crippen molar-refractivity contribution in [3.05, 3.63) is 83.4 Å². The van der Waals surface area contributed by atoms with Crippen molar-refractivity contribution in [1.29, 1.82) is 0 Å². The summed E-state index contributed by atoms with van der Waals surface area (Å²) < 4.78 is 56.6. The molecule has 0 N–H and O–H groups in total. The summed E-state index contributed by atoms with van der Waals surface area (Å²) in [6.45, 7) is 0. The Bertz CT molecular complexity index is 1410. The van der Waals surface area contributed by atoms with Crippen molar-refractivity contribution < 1.29 is 31.9 Å². The molecule has 0 aliphatic heterocycles. The number of hydrogen-bond acceptors (Lipinski definition) is 4. The number of ketones is 1. The fourth-order valence-corrected chi connectivity index (χ4v) is 3.75. The van der Waals surface area contributed by atoms with Crippen LogP contribution in [0.15, 0.2) is 66.7 Å². The maximum Gasteiger partial charge on any atom is 0.461 e. The molecule has 5 nitrogen and oxygen atoms in total. The minimum atomic E-state index is -4.70. The van der Waals surface area contributed by atoms with Gasteiger partial charge in [0.1, 0.15) is 11.4 Å². The summed E-state index contributed by atoms with van der Waals surface area (Å²) in [5.41, 5.74) is 2.11. The topological polar surface area (TPSA) is 61.2 Å². The quantitative estimate of drug-likeness (QED) is 0.362. The molecular weight excluding hydrogens is 428 g/mol. The van der Waals surface area contributed by atoms with Crippen LogP contribution in [0.1, 0.15) is 26.3 Å². The lowest BCUT2D eigenvalue weighted by Crippen LogP contribution is -2.33. The van der Waals surface area contributed by atoms with E-state index in [-0.39, 0.29) is 11.3 Å². The highest BCUT2D eigenvalue weighted by Crippen LogP contribution is 2.39. The van der Waals surface area contributed by atoms with Crippen molar-refractivity contribution >= 4 is 22.6 Å². The van der Waals surface area contributed by atoms with Crippen LogP contribution >= 0.6 is 0 Å². The fraction of sp³-hybridized carbons (Fsp3) is 0.0870. The maximum atomic E-state index is 13.3. The molecule has 0 amide bonds. The molecule has 0 unspecified atom stereocenters. The number of alkyl halides is 4. The van der Waals surface area contributed by atoms with Gasteiger partial charge in [-0.25, -0.2) is 0 Å². The predicted octanol–water partition coefficient (Wildman–Crippen LogP) is 5.17. The van der Waals surface area contributed by atoms with Gasteiger partial charge in [0.15, 0.2) is 5.78 Å². The zero-order chi connectivity index (χ0) is 22.6. The zero-order valence-corrected chi connectivity index (χ0v) is 16.1. The molecule has 4 aromatic rings. The number of carbonyl (C=O) groups is 2. The highest BCUT2D eigenvalue weighted by molar-refractivity contribution is 6.25. The number of nitrogens with zero attached hydrogens (tertiary/aromatic N) is 2. The number of ether oxygens (including phenoxy) is 1. The van der Waals surface area contributed by atoms with Crippen molar-refractivity contribution in [3.8, 4) is 17.0 Å². The molecule has 0 saturated carbocycles. The Hall–Kier alpha value is -4.01. The molecule has 5 rings (SSSR count). The molecule has 9 heteroatoms. The minimum absolute atomic E-state index is 0.104. The summed E-state index contributed by atoms with van der Waals surface area (Å²) in [6, 6.07) is 16.3. The number of fused-ring (bicyclic) bond motifs is 2. The van der Waals surface area contributed by atoms with Crippen molar-refractivity contribution in [2.45, 2.75) is 12.5 Å². The van der Waals surface area contributed by atoms with Crippen molar-refractivity contribution in [2.75, 3.05) is 0 Å². The molecular formula is C23H12F4N2O3. The molecule has 160 valence electrons. The molecule has 32 heavy (non-hydrogen) atoms. The summed E-state index contributed by atoms with van der Waals surface area (Å²) in [6.07, 6.45) is -8.73. The molecule has 0 fully saturated rings. The van der Waals surface area contributed by atoms with Gasteiger partial charge >= 0.3 is 12.5 Å². The largest absolute Gasteiger partial charge is 0.461 e. The standard InChI is InChI=1S/C23H12F4N2O3/c24-22(25)23(26,27)32-13-6-3-5-12(11-13)21(31)29-17-10-4-9-16-18(17)19(28-29)14-7-1-2-8-15(14)20(16)30/h1-11,22H. The van der Waals surface area contributed by atoms with E-state index in [0.717, 1.165) is 16.8 Å². The summed E-state index contributed by atoms with van der Waals surface area (Å²) in [5, 5.41) is 4.91. The van der Waals surface area contributed by atoms with Crippen molar-refractivity contribution in [2.24, 2.45) is 0 Å². The van der Waals surface area contributed by atoms with Crippen LogP contribution in [0.5, 0.6) is 5.75 Å². The van der Waals surface area contributed by atoms with E-state index in [0.29, 0.717) is 33.3 Å². The third-order valence-electron chi connectivity index (χ3n) is 5.16. The second kappa shape index (κ2) is 7.01. The van der Waals surface area contributed by atoms with Gasteiger partial charge in [-0.3, -0.25) is 9.59 Å². The van der Waals surface area contributed by atoms with Crippen LogP contribution in [0.4, 0.5) is 17.6 Å². The van der Waals surface area contributed by atoms with Gasteiger partial charge < -0.3 is 4.74 Å². The van der Waals surface area contributed by atoms with Crippen LogP contribution in [0.3, 0.4) is 0 Å². The second-order valence-electron chi connectivity index (χ2n) is 7.13. The van der Waals surface area contributed by atoms with E-state index in [2.05, 4.69) is 9.84 Å². The van der Waals surface area contributed by atoms with Crippen LogP contribution in [-0.4, -0.2) is 34.0 Å². The molecule has 1 heterocycles. The van der Waals surface area contributed by atoms with Gasteiger partial charge in [-0.2, -0.15) is 27.3 Å². The third-order valence-corrected chi connectivity index (χ3v) is 5.16. The molecule has 0 atom stereocenters. The second-order valence-corrected chi connectivity index (χ2v) is 7.13. The van der Waals surface area contributed by atoms with Crippen molar-refractivity contribution in [1.82, 2.24) is 9.78 Å². The molecule has 3 aromatic carbocycles. The van der Waals surface area contributed by atoms with Gasteiger partial charge in [0.05, 0.1) is 5.52 Å². The summed E-state index contributed by atoms with van der Waals surface area (Å²) in [4.78, 5) is 26.1. The van der Waals surface area contributed by atoms with Gasteiger partial charge in [0.2, 0.25) is 0 Å². The summed E-state index contributed by atoms with van der Waals surface area (Å²) >= 11 is 0. The summed E-state index contributed by atoms with van der Waals surface area (Å²) in [5.74, 6) is -1.49. The van der Waals surface area contributed by atoms with Crippen LogP contribution in [0.2, 0.25) is 0 Å². The molecule has 0 radical (unpaired) electrons. The smallest absolute Gasteiger partial charge is 0.428 e. The van der Waals surface area contributed by atoms with E-state index in [1.165, 1.54) is 12.1 Å². The molecule has 0 spiro atoms. The lowest BCUT2D eigenvalue weighted by molar-refractivity contribution is -0.253. The van der Waals surface area contributed by atoms with E-state index in [4.69, 9.17) is 0 Å². The number of carbonyl (C=O) groups excluding carboxylic acids is 2. The van der Waals surface area contributed by atoms with Crippen molar-refractivity contribution in [3.63, 3.8) is 0 Å². The van der Waals surface area contributed by atoms with Crippen LogP contribution in [-0.2, 0) is 0 Å². The number of benzene rings is 3. The average Bonchev–Trinajstić information content (AvgIpc) is 3.17. The van der Waals surface area contributed by atoms with Gasteiger partial charge in [0.25, 0.3) is 5.91 Å². The maximum absolute atomic E-state index is 13.3. The highest BCUT2D eigenvalue weighted by Gasteiger charge is 2.44. The fourth-order valence-electron chi connectivity index (χ4n) is 3.75. The van der Waals surface area contributed by atoms with Gasteiger partial charge in [-0.05, 0) is 24.3 Å². The Morgan fingerprint density at radius 1 is 0.938 bits per heavy atom. The first-order valence-corrected chi connectivity index (χ1v) is 9.43. The Balaban J connectivity index is 1.62. The molecule has 1 aromatic heterocycles. The van der Waals surface area contributed by atoms with Gasteiger partial charge in [-0.1, -0.05) is 42.5 Å². The first-order valence-electron chi connectivity index (χ1n) is 9.43. The number of rotatable bonds is 4. The predicted molar refractivity (Wildman–Crippen MR) is 106 cm³/mol. The Morgan fingerprint density at radius 3 is 2.38 bits per heavy atom. The average molecular weight is 440 g/mol. The Morgan fingerprint density at radius 2 is 1.62 bits per heavy atom. The number of aromatic nitrogens is 2. The van der Waals surface area contributed by atoms with Crippen LogP contribution < -0.4 is 4.74 Å². The van der Waals surface area contributed by atoms with E-state index < -0.39 is 24.2 Å². The van der Waals surface area contributed by atoms with E-state index in [1.54, 1.807) is 42.5 Å². The van der Waals surface area contributed by atoms with E-state index >= 15 is 0 Å². The highest BCUT2D eigenvalue weighted by atomic mass is 19.3. The van der Waals surface area contributed by atoms with Gasteiger partial charge in [-0.15, -0.1) is 0 Å². The number of hydrogen-bond donors (Lipinski definition) is 0. The van der Waals surface area contributed by atoms with Crippen LogP contribution in [0, 0.1) is 0 Å². The van der Waals surface area contributed by atoms with E-state index in [9.17, 15) is 27.2 Å². The Labute approximate surface area is 177 Å². The van der Waals surface area contributed by atoms with E-state index in [1.807, 2.05) is 0 Å². The van der Waals surface area contributed by atoms with Gasteiger partial charge in [0, 0.05) is 27.6 Å². The monoisotopic (exact) mass is 440 g/mol. The lowest BCUT2D eigenvalue weighted by Gasteiger charge is -2.17. The summed E-state index contributed by atoms with van der Waals surface area (Å²) in [7, 11) is 0. The first kappa shape index (κ1) is 19.9. The van der Waals surface area contributed by atoms with Crippen LogP contribution in [0.25, 0.3) is 22.2 Å². The molecule has 1 aliphatic carbocycles. The third kappa shape index (κ3) is 2.96.